The number of aliphatic imine (C=N–C) groups is 1. The van der Waals surface area contributed by atoms with Crippen molar-refractivity contribution in [2.75, 3.05) is 26.2 Å². The number of likely N-dealkylation sites (tertiary alicyclic amines) is 1. The Labute approximate surface area is 158 Å². The van der Waals surface area contributed by atoms with Gasteiger partial charge >= 0.3 is 0 Å². The average Bonchev–Trinajstić information content (AvgIpc) is 3.37. The topological polar surface area (TPSA) is 68.8 Å². The number of rotatable bonds is 7. The molecule has 3 aliphatic rings. The van der Waals surface area contributed by atoms with Gasteiger partial charge < -0.3 is 16.0 Å². The maximum absolute atomic E-state index is 12.0. The number of carbonyl (C=O) groups is 1. The molecule has 26 heavy (non-hydrogen) atoms. The molecule has 0 aromatic carbocycles. The largest absolute Gasteiger partial charge is 0.357 e. The summed E-state index contributed by atoms with van der Waals surface area (Å²) in [7, 11) is 0. The predicted octanol–water partition coefficient (Wildman–Crippen LogP) is 2.01. The standard InChI is InChI=1S/C20H37N5O/c1-2-21-20(22-13-11-19(26)23-16-7-3-4-8-16)24-17-12-14-25(15-17)18-9-5-6-10-18/h16-18H,2-15H2,1H3,(H,23,26)(H2,21,22,24). The second-order valence-electron chi connectivity index (χ2n) is 8.12. The van der Waals surface area contributed by atoms with Crippen molar-refractivity contribution in [1.82, 2.24) is 20.9 Å². The highest BCUT2D eigenvalue weighted by Crippen LogP contribution is 2.26. The molecule has 0 aromatic rings. The van der Waals surface area contributed by atoms with Crippen LogP contribution < -0.4 is 16.0 Å². The van der Waals surface area contributed by atoms with Gasteiger partial charge in [-0.05, 0) is 39.0 Å². The minimum atomic E-state index is 0.143. The molecule has 1 saturated heterocycles. The van der Waals surface area contributed by atoms with Crippen LogP contribution in [0, 0.1) is 0 Å². The Morgan fingerprint density at radius 2 is 1.73 bits per heavy atom. The second-order valence-corrected chi connectivity index (χ2v) is 8.12. The second kappa shape index (κ2) is 10.1. The first-order valence-electron chi connectivity index (χ1n) is 10.8. The zero-order valence-electron chi connectivity index (χ0n) is 16.4. The summed E-state index contributed by atoms with van der Waals surface area (Å²) in [5, 5.41) is 10.1. The van der Waals surface area contributed by atoms with Crippen LogP contribution in [0.3, 0.4) is 0 Å². The highest BCUT2D eigenvalue weighted by Gasteiger charge is 2.30. The van der Waals surface area contributed by atoms with E-state index in [4.69, 9.17) is 0 Å². The number of hydrogen-bond acceptors (Lipinski definition) is 3. The third kappa shape index (κ3) is 5.86. The maximum atomic E-state index is 12.0. The first-order chi connectivity index (χ1) is 12.7. The van der Waals surface area contributed by atoms with E-state index in [1.54, 1.807) is 0 Å². The summed E-state index contributed by atoms with van der Waals surface area (Å²) in [6.07, 6.45) is 12.0. The summed E-state index contributed by atoms with van der Waals surface area (Å²) in [5.41, 5.74) is 0. The van der Waals surface area contributed by atoms with E-state index in [9.17, 15) is 4.79 Å². The van der Waals surface area contributed by atoms with Crippen molar-refractivity contribution in [3.8, 4) is 0 Å². The Bertz CT molecular complexity index is 469. The Morgan fingerprint density at radius 3 is 2.46 bits per heavy atom. The van der Waals surface area contributed by atoms with Gasteiger partial charge in [-0.25, -0.2) is 0 Å². The molecule has 2 aliphatic carbocycles. The molecule has 0 radical (unpaired) electrons. The third-order valence-corrected chi connectivity index (χ3v) is 6.07. The Hall–Kier alpha value is -1.30. The summed E-state index contributed by atoms with van der Waals surface area (Å²) >= 11 is 0. The molecule has 6 nitrogen and oxygen atoms in total. The lowest BCUT2D eigenvalue weighted by Gasteiger charge is -2.24. The van der Waals surface area contributed by atoms with Crippen molar-refractivity contribution in [2.45, 2.75) is 89.3 Å². The molecule has 0 bridgehead atoms. The van der Waals surface area contributed by atoms with Gasteiger partial charge in [0.15, 0.2) is 5.96 Å². The molecule has 3 N–H and O–H groups in total. The minimum absolute atomic E-state index is 0.143. The van der Waals surface area contributed by atoms with Crippen LogP contribution in [0.15, 0.2) is 4.99 Å². The fraction of sp³-hybridized carbons (Fsp3) is 0.900. The van der Waals surface area contributed by atoms with Gasteiger partial charge in [-0.15, -0.1) is 0 Å². The fourth-order valence-electron chi connectivity index (χ4n) is 4.66. The normalized spacial score (nSPS) is 25.7. The van der Waals surface area contributed by atoms with E-state index < -0.39 is 0 Å². The SMILES string of the molecule is CCNC(=NCCC(=O)NC1CCCC1)NC1CCN(C2CCCC2)C1. The van der Waals surface area contributed by atoms with E-state index in [1.165, 1.54) is 51.5 Å². The number of hydrogen-bond donors (Lipinski definition) is 3. The molecule has 1 atom stereocenters. The number of carbonyl (C=O) groups excluding carboxylic acids is 1. The quantitative estimate of drug-likeness (QED) is 0.478. The third-order valence-electron chi connectivity index (χ3n) is 6.07. The van der Waals surface area contributed by atoms with Gasteiger partial charge in [0, 0.05) is 44.2 Å². The number of amides is 1. The first kappa shape index (κ1) is 19.5. The highest BCUT2D eigenvalue weighted by molar-refractivity contribution is 5.81. The van der Waals surface area contributed by atoms with E-state index >= 15 is 0 Å². The number of nitrogens with zero attached hydrogens (tertiary/aromatic N) is 2. The molecule has 6 heteroatoms. The van der Waals surface area contributed by atoms with Crippen molar-refractivity contribution in [1.29, 1.82) is 0 Å². The van der Waals surface area contributed by atoms with Crippen LogP contribution in [0.2, 0.25) is 0 Å². The van der Waals surface area contributed by atoms with Gasteiger partial charge in [-0.1, -0.05) is 25.7 Å². The smallest absolute Gasteiger partial charge is 0.222 e. The van der Waals surface area contributed by atoms with Gasteiger partial charge in [0.05, 0.1) is 6.54 Å². The van der Waals surface area contributed by atoms with Crippen LogP contribution in [0.1, 0.15) is 71.1 Å². The molecule has 1 aliphatic heterocycles. The Balaban J connectivity index is 1.39. The number of nitrogens with one attached hydrogen (secondary N) is 3. The summed E-state index contributed by atoms with van der Waals surface area (Å²) in [6, 6.07) is 1.68. The zero-order chi connectivity index (χ0) is 18.2. The Kier molecular flexibility index (Phi) is 7.59. The highest BCUT2D eigenvalue weighted by atomic mass is 16.1. The fourth-order valence-corrected chi connectivity index (χ4v) is 4.66. The van der Waals surface area contributed by atoms with Crippen LogP contribution in [-0.4, -0.2) is 61.1 Å². The van der Waals surface area contributed by atoms with Gasteiger partial charge in [0.25, 0.3) is 0 Å². The van der Waals surface area contributed by atoms with E-state index in [2.05, 4.69) is 32.8 Å². The molecule has 1 unspecified atom stereocenters. The van der Waals surface area contributed by atoms with Crippen molar-refractivity contribution in [2.24, 2.45) is 4.99 Å². The van der Waals surface area contributed by atoms with Gasteiger partial charge in [0.2, 0.25) is 5.91 Å². The average molecular weight is 364 g/mol. The Morgan fingerprint density at radius 1 is 1.00 bits per heavy atom. The van der Waals surface area contributed by atoms with Crippen LogP contribution in [0.25, 0.3) is 0 Å². The molecule has 0 aromatic heterocycles. The maximum Gasteiger partial charge on any atom is 0.222 e. The zero-order valence-corrected chi connectivity index (χ0v) is 16.4. The minimum Gasteiger partial charge on any atom is -0.357 e. The molecular weight excluding hydrogens is 326 g/mol. The van der Waals surface area contributed by atoms with E-state index in [1.807, 2.05) is 0 Å². The van der Waals surface area contributed by atoms with Crippen LogP contribution in [0.5, 0.6) is 0 Å². The summed E-state index contributed by atoms with van der Waals surface area (Å²) < 4.78 is 0. The summed E-state index contributed by atoms with van der Waals surface area (Å²) in [5.74, 6) is 1.00. The summed E-state index contributed by atoms with van der Waals surface area (Å²) in [6.45, 7) is 5.80. The van der Waals surface area contributed by atoms with E-state index in [-0.39, 0.29) is 5.91 Å². The molecule has 148 valence electrons. The van der Waals surface area contributed by atoms with Gasteiger partial charge in [-0.2, -0.15) is 0 Å². The molecule has 1 amide bonds. The molecule has 1 heterocycles. The van der Waals surface area contributed by atoms with Gasteiger partial charge in [0.1, 0.15) is 0 Å². The van der Waals surface area contributed by atoms with Crippen molar-refractivity contribution < 1.29 is 4.79 Å². The molecular formula is C20H37N5O. The van der Waals surface area contributed by atoms with Crippen LogP contribution in [-0.2, 0) is 4.79 Å². The predicted molar refractivity (Wildman–Crippen MR) is 106 cm³/mol. The number of guanidine groups is 1. The van der Waals surface area contributed by atoms with Crippen LogP contribution in [0.4, 0.5) is 0 Å². The van der Waals surface area contributed by atoms with Crippen molar-refractivity contribution in [3.63, 3.8) is 0 Å². The monoisotopic (exact) mass is 363 g/mol. The van der Waals surface area contributed by atoms with E-state index in [0.717, 1.165) is 37.9 Å². The lowest BCUT2D eigenvalue weighted by atomic mass is 10.2. The molecule has 3 rings (SSSR count). The molecule has 2 saturated carbocycles. The first-order valence-corrected chi connectivity index (χ1v) is 10.8. The van der Waals surface area contributed by atoms with Crippen molar-refractivity contribution >= 4 is 11.9 Å². The van der Waals surface area contributed by atoms with Gasteiger partial charge in [-0.3, -0.25) is 14.7 Å². The molecule has 0 spiro atoms. The molecule has 3 fully saturated rings. The van der Waals surface area contributed by atoms with Crippen molar-refractivity contribution in [3.05, 3.63) is 0 Å². The lowest BCUT2D eigenvalue weighted by Crippen LogP contribution is -2.45. The van der Waals surface area contributed by atoms with E-state index in [0.29, 0.717) is 25.0 Å². The lowest BCUT2D eigenvalue weighted by molar-refractivity contribution is -0.121. The van der Waals surface area contributed by atoms with Crippen LogP contribution >= 0.6 is 0 Å². The summed E-state index contributed by atoms with van der Waals surface area (Å²) in [4.78, 5) is 19.3.